The first-order chi connectivity index (χ1) is 6.16. The second kappa shape index (κ2) is 4.34. The van der Waals surface area contributed by atoms with Gasteiger partial charge in [-0.3, -0.25) is 9.78 Å². The fraction of sp³-hybridized carbons (Fsp3) is 0.250. The van der Waals surface area contributed by atoms with Gasteiger partial charge >= 0.3 is 5.97 Å². The summed E-state index contributed by atoms with van der Waals surface area (Å²) in [5.74, 6) is -0.466. The predicted octanol–water partition coefficient (Wildman–Crippen LogP) is 1.02. The Morgan fingerprint density at radius 1 is 1.77 bits per heavy atom. The average molecular weight is 245 g/mol. The lowest BCUT2D eigenvalue weighted by Gasteiger charge is -2.10. The molecule has 13 heavy (non-hydrogen) atoms. The Balaban J connectivity index is 2.95. The summed E-state index contributed by atoms with van der Waals surface area (Å²) in [6, 6.07) is 0.911. The van der Waals surface area contributed by atoms with Crippen LogP contribution in [0.25, 0.3) is 0 Å². The number of methoxy groups -OCH3 is 1. The van der Waals surface area contributed by atoms with Gasteiger partial charge in [-0.2, -0.15) is 0 Å². The van der Waals surface area contributed by atoms with Crippen molar-refractivity contribution in [2.75, 3.05) is 7.11 Å². The first-order valence-corrected chi connectivity index (χ1v) is 4.39. The number of ether oxygens (including phenoxy) is 1. The molecular weight excluding hydrogens is 236 g/mol. The first-order valence-electron chi connectivity index (χ1n) is 3.59. The Bertz CT molecular complexity index is 317. The summed E-state index contributed by atoms with van der Waals surface area (Å²) in [6.07, 6.45) is 3.15. The summed E-state index contributed by atoms with van der Waals surface area (Å²) in [5, 5.41) is 0. The number of pyridine rings is 1. The standard InChI is InChI=1S/C8H9BrN2O2/c1-13-8(12)7(10)5-2-3-11-4-6(5)9/h2-4,7H,10H2,1H3. The van der Waals surface area contributed by atoms with Crippen molar-refractivity contribution in [3.8, 4) is 0 Å². The van der Waals surface area contributed by atoms with Crippen LogP contribution in [-0.4, -0.2) is 18.1 Å². The highest BCUT2D eigenvalue weighted by atomic mass is 79.9. The van der Waals surface area contributed by atoms with Crippen LogP contribution in [0, 0.1) is 0 Å². The van der Waals surface area contributed by atoms with E-state index in [4.69, 9.17) is 5.73 Å². The molecule has 0 aliphatic heterocycles. The third kappa shape index (κ3) is 2.26. The van der Waals surface area contributed by atoms with Gasteiger partial charge in [-0.25, -0.2) is 0 Å². The molecule has 1 heterocycles. The number of hydrogen-bond acceptors (Lipinski definition) is 4. The highest BCUT2D eigenvalue weighted by molar-refractivity contribution is 9.10. The minimum absolute atomic E-state index is 0.466. The number of hydrogen-bond donors (Lipinski definition) is 1. The van der Waals surface area contributed by atoms with E-state index in [0.717, 1.165) is 0 Å². The lowest BCUT2D eigenvalue weighted by molar-refractivity contribution is -0.142. The molecule has 1 aromatic heterocycles. The Morgan fingerprint density at radius 2 is 2.46 bits per heavy atom. The Kier molecular flexibility index (Phi) is 3.39. The van der Waals surface area contributed by atoms with Gasteiger partial charge in [-0.05, 0) is 27.6 Å². The topological polar surface area (TPSA) is 65.2 Å². The average Bonchev–Trinajstić information content (AvgIpc) is 2.16. The van der Waals surface area contributed by atoms with Gasteiger partial charge < -0.3 is 10.5 Å². The molecule has 4 nitrogen and oxygen atoms in total. The fourth-order valence-corrected chi connectivity index (χ4v) is 1.39. The van der Waals surface area contributed by atoms with Crippen LogP contribution in [-0.2, 0) is 9.53 Å². The van der Waals surface area contributed by atoms with E-state index in [0.29, 0.717) is 10.0 Å². The number of esters is 1. The van der Waals surface area contributed by atoms with Gasteiger partial charge in [-0.1, -0.05) is 0 Å². The smallest absolute Gasteiger partial charge is 0.327 e. The monoisotopic (exact) mass is 244 g/mol. The molecule has 5 heteroatoms. The van der Waals surface area contributed by atoms with E-state index < -0.39 is 12.0 Å². The van der Waals surface area contributed by atoms with Gasteiger partial charge in [0.05, 0.1) is 7.11 Å². The van der Waals surface area contributed by atoms with Crippen LogP contribution in [0.4, 0.5) is 0 Å². The molecule has 0 spiro atoms. The molecule has 0 saturated carbocycles. The Morgan fingerprint density at radius 3 is 3.00 bits per heavy atom. The number of rotatable bonds is 2. The number of aromatic nitrogens is 1. The molecule has 1 rings (SSSR count). The molecule has 0 aromatic carbocycles. The molecular formula is C8H9BrN2O2. The van der Waals surface area contributed by atoms with Gasteiger partial charge in [0.2, 0.25) is 0 Å². The zero-order valence-electron chi connectivity index (χ0n) is 7.03. The number of halogens is 1. The molecule has 2 N–H and O–H groups in total. The van der Waals surface area contributed by atoms with Crippen molar-refractivity contribution in [3.63, 3.8) is 0 Å². The SMILES string of the molecule is COC(=O)C(N)c1ccncc1Br. The quantitative estimate of drug-likeness (QED) is 0.790. The largest absolute Gasteiger partial charge is 0.468 e. The molecule has 0 bridgehead atoms. The molecule has 0 saturated heterocycles. The minimum Gasteiger partial charge on any atom is -0.468 e. The van der Waals surface area contributed by atoms with E-state index in [9.17, 15) is 4.79 Å². The highest BCUT2D eigenvalue weighted by Gasteiger charge is 2.18. The summed E-state index contributed by atoms with van der Waals surface area (Å²) >= 11 is 3.24. The summed E-state index contributed by atoms with van der Waals surface area (Å²) < 4.78 is 5.22. The van der Waals surface area contributed by atoms with E-state index in [2.05, 4.69) is 25.7 Å². The summed E-state index contributed by atoms with van der Waals surface area (Å²) in [4.78, 5) is 14.9. The van der Waals surface area contributed by atoms with Crippen molar-refractivity contribution in [1.29, 1.82) is 0 Å². The number of nitrogens with zero attached hydrogens (tertiary/aromatic N) is 1. The van der Waals surface area contributed by atoms with E-state index in [-0.39, 0.29) is 0 Å². The fourth-order valence-electron chi connectivity index (χ4n) is 0.892. The van der Waals surface area contributed by atoms with E-state index in [1.807, 2.05) is 0 Å². The first kappa shape index (κ1) is 10.1. The molecule has 70 valence electrons. The van der Waals surface area contributed by atoms with Crippen LogP contribution in [0.15, 0.2) is 22.9 Å². The van der Waals surface area contributed by atoms with E-state index in [1.54, 1.807) is 18.5 Å². The molecule has 0 aliphatic carbocycles. The van der Waals surface area contributed by atoms with Crippen molar-refractivity contribution in [2.45, 2.75) is 6.04 Å². The van der Waals surface area contributed by atoms with Crippen molar-refractivity contribution in [1.82, 2.24) is 4.98 Å². The number of nitrogens with two attached hydrogens (primary N) is 1. The second-order valence-electron chi connectivity index (χ2n) is 2.40. The third-order valence-electron chi connectivity index (χ3n) is 1.59. The minimum atomic E-state index is -0.762. The number of carbonyl (C=O) groups excluding carboxylic acids is 1. The lowest BCUT2D eigenvalue weighted by Crippen LogP contribution is -2.22. The summed E-state index contributed by atoms with van der Waals surface area (Å²) in [5.41, 5.74) is 6.29. The molecule has 0 fully saturated rings. The summed E-state index contributed by atoms with van der Waals surface area (Å²) in [7, 11) is 1.30. The van der Waals surface area contributed by atoms with E-state index >= 15 is 0 Å². The molecule has 1 atom stereocenters. The Hall–Kier alpha value is -0.940. The molecule has 0 radical (unpaired) electrons. The third-order valence-corrected chi connectivity index (χ3v) is 2.26. The zero-order chi connectivity index (χ0) is 9.84. The van der Waals surface area contributed by atoms with Crippen LogP contribution in [0.2, 0.25) is 0 Å². The zero-order valence-corrected chi connectivity index (χ0v) is 8.61. The lowest BCUT2D eigenvalue weighted by atomic mass is 10.1. The maximum Gasteiger partial charge on any atom is 0.327 e. The molecule has 1 aromatic rings. The maximum atomic E-state index is 11.1. The number of carbonyl (C=O) groups is 1. The second-order valence-corrected chi connectivity index (χ2v) is 3.25. The van der Waals surface area contributed by atoms with Crippen molar-refractivity contribution >= 4 is 21.9 Å². The van der Waals surface area contributed by atoms with Gasteiger partial charge in [-0.15, -0.1) is 0 Å². The van der Waals surface area contributed by atoms with Crippen LogP contribution in [0.1, 0.15) is 11.6 Å². The Labute approximate surface area is 84.2 Å². The van der Waals surface area contributed by atoms with E-state index in [1.165, 1.54) is 7.11 Å². The van der Waals surface area contributed by atoms with Gasteiger partial charge in [0, 0.05) is 16.9 Å². The molecule has 0 aliphatic rings. The van der Waals surface area contributed by atoms with Gasteiger partial charge in [0.15, 0.2) is 0 Å². The van der Waals surface area contributed by atoms with Crippen molar-refractivity contribution in [2.24, 2.45) is 5.73 Å². The molecule has 0 amide bonds. The normalized spacial score (nSPS) is 12.2. The summed E-state index contributed by atoms with van der Waals surface area (Å²) in [6.45, 7) is 0. The highest BCUT2D eigenvalue weighted by Crippen LogP contribution is 2.20. The van der Waals surface area contributed by atoms with Crippen LogP contribution >= 0.6 is 15.9 Å². The van der Waals surface area contributed by atoms with Gasteiger partial charge in [0.25, 0.3) is 0 Å². The van der Waals surface area contributed by atoms with Crippen LogP contribution in [0.5, 0.6) is 0 Å². The van der Waals surface area contributed by atoms with Crippen molar-refractivity contribution < 1.29 is 9.53 Å². The van der Waals surface area contributed by atoms with Crippen molar-refractivity contribution in [3.05, 3.63) is 28.5 Å². The van der Waals surface area contributed by atoms with Crippen LogP contribution < -0.4 is 5.73 Å². The van der Waals surface area contributed by atoms with Crippen LogP contribution in [0.3, 0.4) is 0 Å². The maximum absolute atomic E-state index is 11.1. The molecule has 1 unspecified atom stereocenters. The predicted molar refractivity (Wildman–Crippen MR) is 50.9 cm³/mol. The van der Waals surface area contributed by atoms with Gasteiger partial charge in [0.1, 0.15) is 6.04 Å².